The molecule has 1 aliphatic rings. The molecule has 0 saturated carbocycles. The topological polar surface area (TPSA) is 95.6 Å². The smallest absolute Gasteiger partial charge is 0.261 e. The first-order valence-corrected chi connectivity index (χ1v) is 12.2. The second-order valence-electron chi connectivity index (χ2n) is 9.14. The molecule has 1 fully saturated rings. The van der Waals surface area contributed by atoms with Crippen LogP contribution in [0.3, 0.4) is 0 Å². The minimum atomic E-state index is -3.73. The molecule has 2 N–H and O–H groups in total. The number of hydrogen-bond acceptors (Lipinski definition) is 4. The Morgan fingerprint density at radius 1 is 0.938 bits per heavy atom. The molecule has 172 valence electrons. The number of nitrogens with zero attached hydrogens (tertiary/aromatic N) is 1. The minimum absolute atomic E-state index is 0.0155. The van der Waals surface area contributed by atoms with Crippen LogP contribution in [0.5, 0.6) is 0 Å². The van der Waals surface area contributed by atoms with Crippen LogP contribution in [0.25, 0.3) is 0 Å². The quantitative estimate of drug-likeness (QED) is 0.719. The van der Waals surface area contributed by atoms with Gasteiger partial charge in [-0.15, -0.1) is 0 Å². The fourth-order valence-corrected chi connectivity index (χ4v) is 4.82. The minimum Gasteiger partial charge on any atom is -0.359 e. The van der Waals surface area contributed by atoms with Gasteiger partial charge in [0.25, 0.3) is 15.9 Å². The third kappa shape index (κ3) is 5.48. The standard InChI is InChI=1S/C24H31N3O4S/c1-24(2,3)19-7-11-21(12-8-19)32(30,31)26-20-9-5-18(6-10-20)23(29)27-15-13-17(14-16-27)22(28)25-4/h5-12,17,26H,13-16H2,1-4H3,(H,25,28). The number of rotatable bonds is 5. The summed E-state index contributed by atoms with van der Waals surface area (Å²) >= 11 is 0. The maximum absolute atomic E-state index is 12.8. The second kappa shape index (κ2) is 9.32. The highest BCUT2D eigenvalue weighted by molar-refractivity contribution is 7.92. The molecule has 2 aromatic rings. The van der Waals surface area contributed by atoms with Crippen molar-refractivity contribution in [2.24, 2.45) is 5.92 Å². The zero-order valence-electron chi connectivity index (χ0n) is 19.0. The lowest BCUT2D eigenvalue weighted by molar-refractivity contribution is -0.125. The monoisotopic (exact) mass is 457 g/mol. The molecule has 1 aliphatic heterocycles. The summed E-state index contributed by atoms with van der Waals surface area (Å²) in [7, 11) is -2.11. The van der Waals surface area contributed by atoms with E-state index < -0.39 is 10.0 Å². The molecule has 2 aromatic carbocycles. The summed E-state index contributed by atoms with van der Waals surface area (Å²) in [4.78, 5) is 26.4. The summed E-state index contributed by atoms with van der Waals surface area (Å²) in [5.41, 5.74) is 1.87. The molecular formula is C24H31N3O4S. The Balaban J connectivity index is 1.64. The summed E-state index contributed by atoms with van der Waals surface area (Å²) < 4.78 is 28.0. The highest BCUT2D eigenvalue weighted by Crippen LogP contribution is 2.25. The Bertz CT molecular complexity index is 1060. The molecule has 0 aliphatic carbocycles. The summed E-state index contributed by atoms with van der Waals surface area (Å²) in [6.45, 7) is 7.26. The number of amides is 2. The first-order chi connectivity index (χ1) is 15.0. The second-order valence-corrected chi connectivity index (χ2v) is 10.8. The van der Waals surface area contributed by atoms with Crippen molar-refractivity contribution in [1.82, 2.24) is 10.2 Å². The van der Waals surface area contributed by atoms with Crippen molar-refractivity contribution in [2.45, 2.75) is 43.9 Å². The van der Waals surface area contributed by atoms with E-state index in [1.807, 2.05) is 12.1 Å². The van der Waals surface area contributed by atoms with E-state index in [0.29, 0.717) is 37.2 Å². The number of carbonyl (C=O) groups is 2. The van der Waals surface area contributed by atoms with E-state index in [-0.39, 0.29) is 28.0 Å². The van der Waals surface area contributed by atoms with Crippen molar-refractivity contribution in [1.29, 1.82) is 0 Å². The van der Waals surface area contributed by atoms with Crippen LogP contribution in [0, 0.1) is 5.92 Å². The van der Waals surface area contributed by atoms with Crippen molar-refractivity contribution in [3.8, 4) is 0 Å². The van der Waals surface area contributed by atoms with E-state index in [4.69, 9.17) is 0 Å². The zero-order valence-corrected chi connectivity index (χ0v) is 19.8. The molecular weight excluding hydrogens is 426 g/mol. The molecule has 1 heterocycles. The molecule has 0 atom stereocenters. The maximum Gasteiger partial charge on any atom is 0.261 e. The van der Waals surface area contributed by atoms with Gasteiger partial charge in [-0.1, -0.05) is 32.9 Å². The summed E-state index contributed by atoms with van der Waals surface area (Å²) in [5, 5.41) is 2.66. The SMILES string of the molecule is CNC(=O)C1CCN(C(=O)c2ccc(NS(=O)(=O)c3ccc(C(C)(C)C)cc3)cc2)CC1. The van der Waals surface area contributed by atoms with Gasteiger partial charge >= 0.3 is 0 Å². The highest BCUT2D eigenvalue weighted by Gasteiger charge is 2.27. The Morgan fingerprint density at radius 2 is 1.50 bits per heavy atom. The van der Waals surface area contributed by atoms with Gasteiger partial charge in [-0.3, -0.25) is 14.3 Å². The summed E-state index contributed by atoms with van der Waals surface area (Å²) in [6, 6.07) is 13.3. The number of carbonyl (C=O) groups excluding carboxylic acids is 2. The lowest BCUT2D eigenvalue weighted by atomic mass is 9.87. The molecule has 2 amide bonds. The van der Waals surface area contributed by atoms with Gasteiger partial charge in [0.2, 0.25) is 5.91 Å². The Labute approximate surface area is 190 Å². The van der Waals surface area contributed by atoms with Crippen molar-refractivity contribution in [3.05, 3.63) is 59.7 Å². The maximum atomic E-state index is 12.8. The Hall–Kier alpha value is -2.87. The number of sulfonamides is 1. The Kier molecular flexibility index (Phi) is 6.93. The van der Waals surface area contributed by atoms with Crippen LogP contribution in [-0.4, -0.2) is 45.3 Å². The molecule has 1 saturated heterocycles. The van der Waals surface area contributed by atoms with Crippen LogP contribution in [0.15, 0.2) is 53.4 Å². The van der Waals surface area contributed by atoms with Crippen molar-refractivity contribution in [3.63, 3.8) is 0 Å². The van der Waals surface area contributed by atoms with E-state index >= 15 is 0 Å². The van der Waals surface area contributed by atoms with Gasteiger partial charge in [0.15, 0.2) is 0 Å². The van der Waals surface area contributed by atoms with Gasteiger partial charge in [0.1, 0.15) is 0 Å². The number of nitrogens with one attached hydrogen (secondary N) is 2. The molecule has 3 rings (SSSR count). The third-order valence-corrected chi connectivity index (χ3v) is 7.21. The van der Waals surface area contributed by atoms with Gasteiger partial charge in [-0.25, -0.2) is 8.42 Å². The normalized spacial score (nSPS) is 15.3. The van der Waals surface area contributed by atoms with Crippen LogP contribution in [-0.2, 0) is 20.2 Å². The average Bonchev–Trinajstić information content (AvgIpc) is 2.78. The fraction of sp³-hybridized carbons (Fsp3) is 0.417. The van der Waals surface area contributed by atoms with Crippen LogP contribution < -0.4 is 10.0 Å². The lowest BCUT2D eigenvalue weighted by Gasteiger charge is -2.31. The third-order valence-electron chi connectivity index (χ3n) is 5.81. The molecule has 8 heteroatoms. The van der Waals surface area contributed by atoms with Gasteiger partial charge in [-0.05, 0) is 60.2 Å². The predicted molar refractivity (Wildman–Crippen MR) is 125 cm³/mol. The molecule has 0 aromatic heterocycles. The van der Waals surface area contributed by atoms with Crippen molar-refractivity contribution in [2.75, 3.05) is 24.9 Å². The molecule has 7 nitrogen and oxygen atoms in total. The summed E-state index contributed by atoms with van der Waals surface area (Å²) in [5.74, 6) is -0.160. The van der Waals surface area contributed by atoms with E-state index in [1.165, 1.54) is 0 Å². The number of anilines is 1. The van der Waals surface area contributed by atoms with E-state index in [2.05, 4.69) is 30.8 Å². The average molecular weight is 458 g/mol. The van der Waals surface area contributed by atoms with Crippen LogP contribution >= 0.6 is 0 Å². The van der Waals surface area contributed by atoms with Gasteiger partial charge in [-0.2, -0.15) is 0 Å². The van der Waals surface area contributed by atoms with E-state index in [9.17, 15) is 18.0 Å². The first-order valence-electron chi connectivity index (χ1n) is 10.8. The van der Waals surface area contributed by atoms with Gasteiger partial charge < -0.3 is 10.2 Å². The van der Waals surface area contributed by atoms with Crippen molar-refractivity contribution >= 4 is 27.5 Å². The Morgan fingerprint density at radius 3 is 2.00 bits per heavy atom. The molecule has 0 spiro atoms. The number of likely N-dealkylation sites (tertiary alicyclic amines) is 1. The zero-order chi connectivity index (χ0) is 23.5. The number of hydrogen-bond donors (Lipinski definition) is 2. The lowest BCUT2D eigenvalue weighted by Crippen LogP contribution is -2.42. The molecule has 32 heavy (non-hydrogen) atoms. The molecule has 0 radical (unpaired) electrons. The van der Waals surface area contributed by atoms with Crippen molar-refractivity contribution < 1.29 is 18.0 Å². The number of benzene rings is 2. The fourth-order valence-electron chi connectivity index (χ4n) is 3.76. The molecule has 0 bridgehead atoms. The van der Waals surface area contributed by atoms with Crippen LogP contribution in [0.2, 0.25) is 0 Å². The largest absolute Gasteiger partial charge is 0.359 e. The van der Waals surface area contributed by atoms with E-state index in [0.717, 1.165) is 5.56 Å². The van der Waals surface area contributed by atoms with Crippen LogP contribution in [0.4, 0.5) is 5.69 Å². The predicted octanol–water partition coefficient (Wildman–Crippen LogP) is 3.38. The molecule has 0 unspecified atom stereocenters. The van der Waals surface area contributed by atoms with Gasteiger partial charge in [0, 0.05) is 37.3 Å². The van der Waals surface area contributed by atoms with E-state index in [1.54, 1.807) is 48.3 Å². The van der Waals surface area contributed by atoms with Crippen LogP contribution in [0.1, 0.15) is 49.5 Å². The highest BCUT2D eigenvalue weighted by atomic mass is 32.2. The van der Waals surface area contributed by atoms with Gasteiger partial charge in [0.05, 0.1) is 4.90 Å². The summed E-state index contributed by atoms with van der Waals surface area (Å²) in [6.07, 6.45) is 1.27. The number of piperidine rings is 1. The first kappa shape index (κ1) is 23.8.